The molecule has 0 aliphatic carbocycles. The first kappa shape index (κ1) is 13.1. The van der Waals surface area contributed by atoms with Crippen molar-refractivity contribution >= 4 is 5.91 Å². The minimum atomic E-state index is -0.306. The van der Waals surface area contributed by atoms with Crippen molar-refractivity contribution in [2.75, 3.05) is 0 Å². The number of hydrogen-bond acceptors (Lipinski definition) is 3. The summed E-state index contributed by atoms with van der Waals surface area (Å²) < 4.78 is 0. The fraction of sp³-hybridized carbons (Fsp3) is 0.200. The summed E-state index contributed by atoms with van der Waals surface area (Å²) in [6.07, 6.45) is 1.68. The second kappa shape index (κ2) is 5.52. The molecule has 2 aromatic rings. The van der Waals surface area contributed by atoms with E-state index in [4.69, 9.17) is 0 Å². The summed E-state index contributed by atoms with van der Waals surface area (Å²) in [7, 11) is 0. The second-order valence-electron chi connectivity index (χ2n) is 4.42. The van der Waals surface area contributed by atoms with E-state index in [0.29, 0.717) is 5.56 Å². The van der Waals surface area contributed by atoms with Gasteiger partial charge >= 0.3 is 0 Å². The van der Waals surface area contributed by atoms with Crippen LogP contribution in [0.25, 0.3) is 0 Å². The largest absolute Gasteiger partial charge is 0.507 e. The van der Waals surface area contributed by atoms with Gasteiger partial charge in [-0.25, -0.2) is 0 Å². The summed E-state index contributed by atoms with van der Waals surface area (Å²) >= 11 is 0. The molecule has 2 N–H and O–H groups in total. The van der Waals surface area contributed by atoms with Crippen molar-refractivity contribution in [1.29, 1.82) is 0 Å². The SMILES string of the molecule is Cc1cccc(C(=O)NC(C)c2ccccn2)c1O. The number of para-hydroxylation sites is 1. The van der Waals surface area contributed by atoms with Gasteiger partial charge in [0.2, 0.25) is 0 Å². The van der Waals surface area contributed by atoms with Crippen molar-refractivity contribution < 1.29 is 9.90 Å². The monoisotopic (exact) mass is 256 g/mol. The lowest BCUT2D eigenvalue weighted by Crippen LogP contribution is -2.27. The summed E-state index contributed by atoms with van der Waals surface area (Å²) in [5, 5.41) is 12.7. The molecule has 0 aliphatic rings. The Kier molecular flexibility index (Phi) is 3.80. The van der Waals surface area contributed by atoms with Crippen LogP contribution in [0.1, 0.15) is 34.6 Å². The van der Waals surface area contributed by atoms with Crippen LogP contribution in [0.2, 0.25) is 0 Å². The molecule has 1 aromatic heterocycles. The lowest BCUT2D eigenvalue weighted by molar-refractivity contribution is 0.0936. The van der Waals surface area contributed by atoms with Crippen LogP contribution in [-0.4, -0.2) is 16.0 Å². The zero-order valence-corrected chi connectivity index (χ0v) is 10.9. The highest BCUT2D eigenvalue weighted by Crippen LogP contribution is 2.22. The van der Waals surface area contributed by atoms with E-state index in [-0.39, 0.29) is 23.3 Å². The summed E-state index contributed by atoms with van der Waals surface area (Å²) in [5.74, 6) is -0.285. The molecule has 1 unspecified atom stereocenters. The van der Waals surface area contributed by atoms with Crippen molar-refractivity contribution in [3.05, 3.63) is 59.4 Å². The number of phenolic OH excluding ortho intramolecular Hbond substituents is 1. The van der Waals surface area contributed by atoms with Crippen LogP contribution in [0.3, 0.4) is 0 Å². The molecule has 4 heteroatoms. The number of benzene rings is 1. The Morgan fingerprint density at radius 2 is 2.05 bits per heavy atom. The standard InChI is InChI=1S/C15H16N2O2/c1-10-6-5-7-12(14(10)18)15(19)17-11(2)13-8-3-4-9-16-13/h3-9,11,18H,1-2H3,(H,17,19). The molecular formula is C15H16N2O2. The maximum Gasteiger partial charge on any atom is 0.255 e. The number of rotatable bonds is 3. The van der Waals surface area contributed by atoms with Gasteiger partial charge in [0, 0.05) is 6.20 Å². The summed E-state index contributed by atoms with van der Waals surface area (Å²) in [6.45, 7) is 3.61. The molecule has 0 bridgehead atoms. The Balaban J connectivity index is 2.16. The Labute approximate surface area is 112 Å². The van der Waals surface area contributed by atoms with E-state index in [1.165, 1.54) is 0 Å². The number of carbonyl (C=O) groups excluding carboxylic acids is 1. The second-order valence-corrected chi connectivity index (χ2v) is 4.42. The van der Waals surface area contributed by atoms with E-state index in [1.54, 1.807) is 31.3 Å². The van der Waals surface area contributed by atoms with E-state index >= 15 is 0 Å². The van der Waals surface area contributed by atoms with Crippen molar-refractivity contribution in [3.8, 4) is 5.75 Å². The Bertz CT molecular complexity index is 582. The molecule has 1 heterocycles. The molecule has 0 aliphatic heterocycles. The van der Waals surface area contributed by atoms with E-state index in [2.05, 4.69) is 10.3 Å². The molecule has 19 heavy (non-hydrogen) atoms. The lowest BCUT2D eigenvalue weighted by Gasteiger charge is -2.14. The van der Waals surface area contributed by atoms with E-state index in [0.717, 1.165) is 5.69 Å². The molecule has 0 spiro atoms. The third-order valence-corrected chi connectivity index (χ3v) is 2.96. The number of carbonyl (C=O) groups is 1. The van der Waals surface area contributed by atoms with Gasteiger partial charge in [-0.05, 0) is 37.6 Å². The molecule has 1 amide bonds. The van der Waals surface area contributed by atoms with Gasteiger partial charge in [0.1, 0.15) is 5.75 Å². The van der Waals surface area contributed by atoms with Gasteiger partial charge in [-0.1, -0.05) is 18.2 Å². The zero-order valence-electron chi connectivity index (χ0n) is 10.9. The van der Waals surface area contributed by atoms with Gasteiger partial charge in [-0.3, -0.25) is 9.78 Å². The van der Waals surface area contributed by atoms with Crippen LogP contribution in [0.4, 0.5) is 0 Å². The van der Waals surface area contributed by atoms with Gasteiger partial charge in [0.25, 0.3) is 5.91 Å². The number of aromatic nitrogens is 1. The number of phenols is 1. The molecule has 4 nitrogen and oxygen atoms in total. The Hall–Kier alpha value is -2.36. The van der Waals surface area contributed by atoms with E-state index < -0.39 is 0 Å². The van der Waals surface area contributed by atoms with Crippen molar-refractivity contribution in [2.24, 2.45) is 0 Å². The molecule has 0 fully saturated rings. The number of hydrogen-bond donors (Lipinski definition) is 2. The smallest absolute Gasteiger partial charge is 0.255 e. The van der Waals surface area contributed by atoms with Crippen LogP contribution in [0, 0.1) is 6.92 Å². The fourth-order valence-electron chi connectivity index (χ4n) is 1.82. The summed E-state index contributed by atoms with van der Waals surface area (Å²) in [4.78, 5) is 16.3. The molecular weight excluding hydrogens is 240 g/mol. The molecule has 1 aromatic carbocycles. The van der Waals surface area contributed by atoms with Gasteiger partial charge < -0.3 is 10.4 Å². The van der Waals surface area contributed by atoms with Crippen LogP contribution >= 0.6 is 0 Å². The average molecular weight is 256 g/mol. The summed E-state index contributed by atoms with van der Waals surface area (Å²) in [5.41, 5.74) is 1.74. The van der Waals surface area contributed by atoms with Gasteiger partial charge in [0.05, 0.1) is 17.3 Å². The molecule has 98 valence electrons. The van der Waals surface area contributed by atoms with Gasteiger partial charge in [-0.15, -0.1) is 0 Å². The Morgan fingerprint density at radius 3 is 2.74 bits per heavy atom. The predicted molar refractivity (Wildman–Crippen MR) is 73.0 cm³/mol. The minimum Gasteiger partial charge on any atom is -0.507 e. The van der Waals surface area contributed by atoms with Crippen LogP contribution in [0.5, 0.6) is 5.75 Å². The normalized spacial score (nSPS) is 11.9. The highest BCUT2D eigenvalue weighted by Gasteiger charge is 2.15. The fourth-order valence-corrected chi connectivity index (χ4v) is 1.82. The van der Waals surface area contributed by atoms with E-state index in [9.17, 15) is 9.90 Å². The molecule has 2 rings (SSSR count). The van der Waals surface area contributed by atoms with Crippen molar-refractivity contribution in [1.82, 2.24) is 10.3 Å². The highest BCUT2D eigenvalue weighted by atomic mass is 16.3. The van der Waals surface area contributed by atoms with Crippen LogP contribution < -0.4 is 5.32 Å². The number of nitrogens with zero attached hydrogens (tertiary/aromatic N) is 1. The lowest BCUT2D eigenvalue weighted by atomic mass is 10.1. The first-order valence-corrected chi connectivity index (χ1v) is 6.10. The quantitative estimate of drug-likeness (QED) is 0.887. The average Bonchev–Trinajstić information content (AvgIpc) is 2.42. The number of pyridine rings is 1. The third-order valence-electron chi connectivity index (χ3n) is 2.96. The van der Waals surface area contributed by atoms with Crippen molar-refractivity contribution in [3.63, 3.8) is 0 Å². The van der Waals surface area contributed by atoms with Crippen LogP contribution in [-0.2, 0) is 0 Å². The van der Waals surface area contributed by atoms with Gasteiger partial charge in [-0.2, -0.15) is 0 Å². The number of aromatic hydroxyl groups is 1. The van der Waals surface area contributed by atoms with Gasteiger partial charge in [0.15, 0.2) is 0 Å². The molecule has 0 saturated heterocycles. The predicted octanol–water partition coefficient (Wildman–Crippen LogP) is 2.59. The minimum absolute atomic E-state index is 0.0215. The first-order chi connectivity index (χ1) is 9.09. The zero-order chi connectivity index (χ0) is 13.8. The third kappa shape index (κ3) is 2.91. The summed E-state index contributed by atoms with van der Waals surface area (Å²) in [6, 6.07) is 10.4. The molecule has 0 radical (unpaired) electrons. The Morgan fingerprint density at radius 1 is 1.26 bits per heavy atom. The topological polar surface area (TPSA) is 62.2 Å². The van der Waals surface area contributed by atoms with Crippen molar-refractivity contribution in [2.45, 2.75) is 19.9 Å². The number of nitrogens with one attached hydrogen (secondary N) is 1. The first-order valence-electron chi connectivity index (χ1n) is 6.10. The highest BCUT2D eigenvalue weighted by molar-refractivity contribution is 5.97. The molecule has 0 saturated carbocycles. The molecule has 1 atom stereocenters. The van der Waals surface area contributed by atoms with Crippen LogP contribution in [0.15, 0.2) is 42.6 Å². The number of amides is 1. The maximum atomic E-state index is 12.1. The maximum absolute atomic E-state index is 12.1. The number of aryl methyl sites for hydroxylation is 1. The van der Waals surface area contributed by atoms with E-state index in [1.807, 2.05) is 25.1 Å².